The van der Waals surface area contributed by atoms with Crippen molar-refractivity contribution in [3.05, 3.63) is 35.6 Å². The van der Waals surface area contributed by atoms with Gasteiger partial charge in [0, 0.05) is 20.2 Å². The summed E-state index contributed by atoms with van der Waals surface area (Å²) in [6.45, 7) is 5.38. The number of carbonyl (C=O) groups excluding carboxylic acids is 1. The lowest BCUT2D eigenvalue weighted by Crippen LogP contribution is -2.54. The Hall–Kier alpha value is -1.66. The molecule has 1 N–H and O–H groups in total. The van der Waals surface area contributed by atoms with Gasteiger partial charge in [-0.15, -0.1) is 0 Å². The van der Waals surface area contributed by atoms with E-state index in [0.29, 0.717) is 19.7 Å². The highest BCUT2D eigenvalue weighted by Crippen LogP contribution is 2.17. The maximum Gasteiger partial charge on any atom is 0.317 e. The molecule has 1 heterocycles. The van der Waals surface area contributed by atoms with Crippen molar-refractivity contribution < 1.29 is 18.7 Å². The molecule has 0 bridgehead atoms. The van der Waals surface area contributed by atoms with Gasteiger partial charge in [0.05, 0.1) is 24.9 Å². The van der Waals surface area contributed by atoms with Gasteiger partial charge in [0.2, 0.25) is 0 Å². The molecule has 0 saturated carbocycles. The van der Waals surface area contributed by atoms with Crippen LogP contribution in [0.5, 0.6) is 0 Å². The number of carbonyl (C=O) groups is 1. The number of benzene rings is 1. The number of halogens is 1. The zero-order chi connectivity index (χ0) is 16.1. The van der Waals surface area contributed by atoms with Crippen molar-refractivity contribution in [2.24, 2.45) is 0 Å². The normalized spacial score (nSPS) is 23.2. The highest BCUT2D eigenvalue weighted by atomic mass is 19.1. The number of hydrogen-bond acceptors (Lipinski definition) is 3. The quantitative estimate of drug-likeness (QED) is 0.928. The van der Waals surface area contributed by atoms with E-state index in [1.54, 1.807) is 24.1 Å². The fourth-order valence-electron chi connectivity index (χ4n) is 2.52. The van der Waals surface area contributed by atoms with Crippen LogP contribution >= 0.6 is 0 Å². The van der Waals surface area contributed by atoms with Crippen molar-refractivity contribution in [2.45, 2.75) is 32.1 Å². The molecule has 1 aromatic carbocycles. The molecular weight excluding hydrogens is 287 g/mol. The van der Waals surface area contributed by atoms with Crippen LogP contribution in [0.1, 0.15) is 25.5 Å². The van der Waals surface area contributed by atoms with E-state index in [9.17, 15) is 9.18 Å². The van der Waals surface area contributed by atoms with E-state index in [1.165, 1.54) is 12.1 Å². The van der Waals surface area contributed by atoms with Crippen molar-refractivity contribution in [2.75, 3.05) is 26.8 Å². The number of methoxy groups -OCH3 is 1. The number of ether oxygens (including phenoxy) is 2. The lowest BCUT2D eigenvalue weighted by Gasteiger charge is -2.37. The van der Waals surface area contributed by atoms with Crippen molar-refractivity contribution in [3.63, 3.8) is 0 Å². The summed E-state index contributed by atoms with van der Waals surface area (Å²) in [5.74, 6) is -0.293. The van der Waals surface area contributed by atoms with Crippen molar-refractivity contribution in [1.29, 1.82) is 0 Å². The smallest absolute Gasteiger partial charge is 0.317 e. The molecular formula is C16H23FN2O3. The molecule has 2 rings (SSSR count). The minimum atomic E-state index is -0.307. The SMILES string of the molecule is CO[C@H](CNC(=O)N1CCO[C@H](C)[C@@H]1C)c1ccc(F)cc1. The Kier molecular flexibility index (Phi) is 5.74. The molecule has 1 aromatic rings. The predicted molar refractivity (Wildman–Crippen MR) is 81.1 cm³/mol. The van der Waals surface area contributed by atoms with Crippen LogP contribution in [0.25, 0.3) is 0 Å². The number of urea groups is 1. The first-order valence-electron chi connectivity index (χ1n) is 7.47. The van der Waals surface area contributed by atoms with E-state index in [4.69, 9.17) is 9.47 Å². The van der Waals surface area contributed by atoms with E-state index in [2.05, 4.69) is 5.32 Å². The molecule has 0 unspecified atom stereocenters. The molecule has 5 nitrogen and oxygen atoms in total. The first kappa shape index (κ1) is 16.7. The Balaban J connectivity index is 1.92. The molecule has 3 atom stereocenters. The summed E-state index contributed by atoms with van der Waals surface area (Å²) in [4.78, 5) is 14.1. The van der Waals surface area contributed by atoms with Gasteiger partial charge < -0.3 is 19.7 Å². The van der Waals surface area contributed by atoms with E-state index in [-0.39, 0.29) is 30.1 Å². The van der Waals surface area contributed by atoms with Gasteiger partial charge in [-0.2, -0.15) is 0 Å². The topological polar surface area (TPSA) is 50.8 Å². The van der Waals surface area contributed by atoms with Gasteiger partial charge in [-0.3, -0.25) is 0 Å². The van der Waals surface area contributed by atoms with Crippen LogP contribution in [-0.2, 0) is 9.47 Å². The summed E-state index contributed by atoms with van der Waals surface area (Å²) in [6, 6.07) is 5.99. The molecule has 1 aliphatic heterocycles. The van der Waals surface area contributed by atoms with Crippen LogP contribution in [0, 0.1) is 5.82 Å². The highest BCUT2D eigenvalue weighted by Gasteiger charge is 2.29. The number of morpholine rings is 1. The Morgan fingerprint density at radius 2 is 2.14 bits per heavy atom. The standard InChI is InChI=1S/C16H23FN2O3/c1-11-12(2)22-9-8-19(11)16(20)18-10-15(21-3)13-4-6-14(17)7-5-13/h4-7,11-12,15H,8-10H2,1-3H3,(H,18,20)/t11-,12+,15+/m0/s1. The van der Waals surface area contributed by atoms with Gasteiger partial charge in [-0.05, 0) is 31.5 Å². The molecule has 2 amide bonds. The number of nitrogens with one attached hydrogen (secondary N) is 1. The van der Waals surface area contributed by atoms with E-state index in [1.807, 2.05) is 13.8 Å². The van der Waals surface area contributed by atoms with Gasteiger partial charge in [-0.25, -0.2) is 9.18 Å². The molecule has 0 spiro atoms. The summed E-state index contributed by atoms with van der Waals surface area (Å²) in [5, 5.41) is 2.88. The van der Waals surface area contributed by atoms with Gasteiger partial charge in [0.1, 0.15) is 5.82 Å². The number of amides is 2. The van der Waals surface area contributed by atoms with Crippen LogP contribution in [-0.4, -0.2) is 49.9 Å². The summed E-state index contributed by atoms with van der Waals surface area (Å²) in [7, 11) is 1.57. The molecule has 0 radical (unpaired) electrons. The van der Waals surface area contributed by atoms with Crippen LogP contribution in [0.4, 0.5) is 9.18 Å². The Bertz CT molecular complexity index is 495. The zero-order valence-corrected chi connectivity index (χ0v) is 13.2. The highest BCUT2D eigenvalue weighted by molar-refractivity contribution is 5.74. The maximum absolute atomic E-state index is 13.0. The second-order valence-electron chi connectivity index (χ2n) is 5.47. The molecule has 6 heteroatoms. The van der Waals surface area contributed by atoms with Gasteiger partial charge in [-0.1, -0.05) is 12.1 Å². The number of nitrogens with zero attached hydrogens (tertiary/aromatic N) is 1. The lowest BCUT2D eigenvalue weighted by molar-refractivity contribution is -0.0380. The van der Waals surface area contributed by atoms with Crippen LogP contribution in [0.2, 0.25) is 0 Å². The summed E-state index contributed by atoms with van der Waals surface area (Å²) >= 11 is 0. The van der Waals surface area contributed by atoms with E-state index >= 15 is 0 Å². The Morgan fingerprint density at radius 1 is 1.45 bits per heavy atom. The summed E-state index contributed by atoms with van der Waals surface area (Å²) in [5.41, 5.74) is 0.826. The van der Waals surface area contributed by atoms with Crippen LogP contribution in [0.3, 0.4) is 0 Å². The molecule has 0 aromatic heterocycles. The molecule has 1 saturated heterocycles. The van der Waals surface area contributed by atoms with E-state index < -0.39 is 0 Å². The monoisotopic (exact) mass is 310 g/mol. The predicted octanol–water partition coefficient (Wildman–Crippen LogP) is 2.33. The lowest BCUT2D eigenvalue weighted by atomic mass is 10.1. The largest absolute Gasteiger partial charge is 0.375 e. The van der Waals surface area contributed by atoms with Gasteiger partial charge >= 0.3 is 6.03 Å². The summed E-state index contributed by atoms with van der Waals surface area (Å²) < 4.78 is 23.9. The van der Waals surface area contributed by atoms with Crippen molar-refractivity contribution in [3.8, 4) is 0 Å². The van der Waals surface area contributed by atoms with Gasteiger partial charge in [0.25, 0.3) is 0 Å². The van der Waals surface area contributed by atoms with Crippen LogP contribution < -0.4 is 5.32 Å². The average molecular weight is 310 g/mol. The zero-order valence-electron chi connectivity index (χ0n) is 13.2. The van der Waals surface area contributed by atoms with Crippen molar-refractivity contribution in [1.82, 2.24) is 10.2 Å². The molecule has 0 aliphatic carbocycles. The number of hydrogen-bond donors (Lipinski definition) is 1. The molecule has 22 heavy (non-hydrogen) atoms. The van der Waals surface area contributed by atoms with Crippen LogP contribution in [0.15, 0.2) is 24.3 Å². The van der Waals surface area contributed by atoms with Gasteiger partial charge in [0.15, 0.2) is 0 Å². The third-order valence-electron chi connectivity index (χ3n) is 4.11. The summed E-state index contributed by atoms with van der Waals surface area (Å²) in [6.07, 6.45) is -0.284. The Morgan fingerprint density at radius 3 is 2.77 bits per heavy atom. The minimum Gasteiger partial charge on any atom is -0.375 e. The number of rotatable bonds is 4. The molecule has 1 aliphatic rings. The molecule has 1 fully saturated rings. The maximum atomic E-state index is 13.0. The fourth-order valence-corrected chi connectivity index (χ4v) is 2.52. The first-order chi connectivity index (χ1) is 10.5. The average Bonchev–Trinajstić information content (AvgIpc) is 2.52. The third kappa shape index (κ3) is 3.96. The second-order valence-corrected chi connectivity index (χ2v) is 5.47. The fraction of sp³-hybridized carbons (Fsp3) is 0.562. The Labute approximate surface area is 130 Å². The molecule has 122 valence electrons. The second kappa shape index (κ2) is 7.56. The first-order valence-corrected chi connectivity index (χ1v) is 7.47. The van der Waals surface area contributed by atoms with Crippen molar-refractivity contribution >= 4 is 6.03 Å². The minimum absolute atomic E-state index is 0.0230. The van der Waals surface area contributed by atoms with E-state index in [0.717, 1.165) is 5.56 Å². The third-order valence-corrected chi connectivity index (χ3v) is 4.11.